The number of fused-ring (bicyclic) bond motifs is 2. The molecule has 4 radical (unpaired) electrons. The number of rotatable bonds is 0. The fourth-order valence-electron chi connectivity index (χ4n) is 3.74. The Morgan fingerprint density at radius 2 is 1.74 bits per heavy atom. The quantitative estimate of drug-likeness (QED) is 0.663. The lowest BCUT2D eigenvalue weighted by atomic mass is 9.62. The smallest absolute Gasteiger partial charge is 0.0859 e. The second-order valence-corrected chi connectivity index (χ2v) is 7.37. The van der Waals surface area contributed by atoms with E-state index >= 15 is 0 Å². The molecular formula is C14H21B2N3. The molecule has 2 aliphatic rings. The molecule has 1 heterocycles. The Balaban J connectivity index is 1.95. The minimum Gasteiger partial charge on any atom is -0.244 e. The van der Waals surface area contributed by atoms with Crippen molar-refractivity contribution in [3.8, 4) is 0 Å². The zero-order valence-electron chi connectivity index (χ0n) is 12.4. The molecule has 1 aromatic rings. The molecule has 3 atom stereocenters. The van der Waals surface area contributed by atoms with E-state index in [-0.39, 0.29) is 16.2 Å². The number of nitrogens with zero attached hydrogens (tertiary/aromatic N) is 3. The van der Waals surface area contributed by atoms with Crippen LogP contribution in [0.2, 0.25) is 10.6 Å². The van der Waals surface area contributed by atoms with Crippen LogP contribution in [0.1, 0.15) is 51.9 Å². The van der Waals surface area contributed by atoms with E-state index in [1.54, 1.807) is 0 Å². The third-order valence-electron chi connectivity index (χ3n) is 5.36. The lowest BCUT2D eigenvalue weighted by Crippen LogP contribution is -2.26. The van der Waals surface area contributed by atoms with Crippen LogP contribution in [0.3, 0.4) is 0 Å². The molecule has 2 aliphatic carbocycles. The molecule has 0 bridgehead atoms. The largest absolute Gasteiger partial charge is 0.244 e. The summed E-state index contributed by atoms with van der Waals surface area (Å²) in [6, 6.07) is 0. The van der Waals surface area contributed by atoms with E-state index in [4.69, 9.17) is 15.7 Å². The van der Waals surface area contributed by atoms with E-state index in [1.807, 2.05) is 0 Å². The predicted molar refractivity (Wildman–Crippen MR) is 77.7 cm³/mol. The maximum Gasteiger partial charge on any atom is 0.0859 e. The molecule has 1 fully saturated rings. The van der Waals surface area contributed by atoms with Gasteiger partial charge in [-0.2, -0.15) is 0 Å². The van der Waals surface area contributed by atoms with Crippen LogP contribution in [0.25, 0.3) is 0 Å². The fourth-order valence-corrected chi connectivity index (χ4v) is 3.74. The fraction of sp³-hybridized carbons (Fsp3) is 0.857. The molecule has 0 spiro atoms. The summed E-state index contributed by atoms with van der Waals surface area (Å²) in [5.74, 6) is 0.403. The molecule has 98 valence electrons. The molecule has 0 saturated heterocycles. The first kappa shape index (κ1) is 13.3. The second kappa shape index (κ2) is 3.67. The van der Waals surface area contributed by atoms with Gasteiger partial charge < -0.3 is 0 Å². The van der Waals surface area contributed by atoms with Crippen molar-refractivity contribution < 1.29 is 0 Å². The Kier molecular flexibility index (Phi) is 2.57. The van der Waals surface area contributed by atoms with Crippen LogP contribution in [0, 0.1) is 5.92 Å². The summed E-state index contributed by atoms with van der Waals surface area (Å²) in [6.07, 6.45) is 3.67. The minimum atomic E-state index is -0.198. The van der Waals surface area contributed by atoms with Crippen molar-refractivity contribution in [3.05, 3.63) is 11.4 Å². The van der Waals surface area contributed by atoms with E-state index in [0.717, 1.165) is 31.4 Å². The van der Waals surface area contributed by atoms with Gasteiger partial charge in [-0.1, -0.05) is 22.8 Å². The first-order valence-electron chi connectivity index (χ1n) is 7.22. The molecular weight excluding hydrogens is 232 g/mol. The first-order valence-corrected chi connectivity index (χ1v) is 7.22. The molecule has 5 heteroatoms. The summed E-state index contributed by atoms with van der Waals surface area (Å²) < 4.78 is 2.06. The summed E-state index contributed by atoms with van der Waals surface area (Å²) in [4.78, 5) is 0. The van der Waals surface area contributed by atoms with Gasteiger partial charge in [0.1, 0.15) is 0 Å². The van der Waals surface area contributed by atoms with Crippen molar-refractivity contribution in [1.82, 2.24) is 15.0 Å². The zero-order valence-corrected chi connectivity index (χ0v) is 12.4. The van der Waals surface area contributed by atoms with Gasteiger partial charge in [0.2, 0.25) is 0 Å². The standard InChI is InChI=1S/C14H21B2N3/c1-9-13(15)7-5-10-11(6-8-14(9,13)16)19(18-17-10)12(2,3)4/h9H,5-8H2,1-4H3. The van der Waals surface area contributed by atoms with Gasteiger partial charge in [0.15, 0.2) is 0 Å². The van der Waals surface area contributed by atoms with E-state index in [9.17, 15) is 0 Å². The van der Waals surface area contributed by atoms with Crippen molar-refractivity contribution in [1.29, 1.82) is 0 Å². The van der Waals surface area contributed by atoms with Crippen LogP contribution in [-0.4, -0.2) is 30.7 Å². The molecule has 0 aliphatic heterocycles. The number of aryl methyl sites for hydroxylation is 1. The van der Waals surface area contributed by atoms with E-state index < -0.39 is 0 Å². The molecule has 0 N–H and O–H groups in total. The van der Waals surface area contributed by atoms with Gasteiger partial charge in [-0.3, -0.25) is 0 Å². The highest BCUT2D eigenvalue weighted by Gasteiger charge is 2.65. The number of hydrogen-bond acceptors (Lipinski definition) is 2. The Hall–Kier alpha value is -0.730. The molecule has 0 aromatic carbocycles. The summed E-state index contributed by atoms with van der Waals surface area (Å²) in [7, 11) is 13.0. The summed E-state index contributed by atoms with van der Waals surface area (Å²) in [6.45, 7) is 8.66. The summed E-state index contributed by atoms with van der Waals surface area (Å²) in [5, 5.41) is 8.32. The van der Waals surface area contributed by atoms with Gasteiger partial charge in [0.25, 0.3) is 0 Å². The highest BCUT2D eigenvalue weighted by Crippen LogP contribution is 2.81. The van der Waals surface area contributed by atoms with Crippen LogP contribution in [0.5, 0.6) is 0 Å². The van der Waals surface area contributed by atoms with Crippen molar-refractivity contribution in [2.75, 3.05) is 0 Å². The molecule has 0 amide bonds. The van der Waals surface area contributed by atoms with Crippen molar-refractivity contribution >= 4 is 15.7 Å². The third kappa shape index (κ3) is 1.66. The molecule has 3 unspecified atom stereocenters. The monoisotopic (exact) mass is 253 g/mol. The Morgan fingerprint density at radius 3 is 2.32 bits per heavy atom. The first-order chi connectivity index (χ1) is 8.70. The minimum absolute atomic E-state index is 0.0312. The molecule has 1 aromatic heterocycles. The van der Waals surface area contributed by atoms with Gasteiger partial charge in [0, 0.05) is 0 Å². The lowest BCUT2D eigenvalue weighted by Gasteiger charge is -2.26. The van der Waals surface area contributed by atoms with E-state index in [0.29, 0.717) is 5.92 Å². The highest BCUT2D eigenvalue weighted by molar-refractivity contribution is 6.32. The van der Waals surface area contributed by atoms with Gasteiger partial charge in [-0.25, -0.2) is 4.68 Å². The Morgan fingerprint density at radius 1 is 1.16 bits per heavy atom. The number of aromatic nitrogens is 3. The summed E-state index contributed by atoms with van der Waals surface area (Å²) >= 11 is 0. The predicted octanol–water partition coefficient (Wildman–Crippen LogP) is 2.22. The van der Waals surface area contributed by atoms with Crippen LogP contribution < -0.4 is 0 Å². The highest BCUT2D eigenvalue weighted by atomic mass is 15.5. The third-order valence-corrected chi connectivity index (χ3v) is 5.36. The second-order valence-electron chi connectivity index (χ2n) is 7.37. The van der Waals surface area contributed by atoms with Gasteiger partial charge in [0.05, 0.1) is 32.6 Å². The van der Waals surface area contributed by atoms with Crippen molar-refractivity contribution in [2.45, 2.75) is 69.5 Å². The van der Waals surface area contributed by atoms with Gasteiger partial charge in [-0.15, -0.1) is 5.10 Å². The van der Waals surface area contributed by atoms with Crippen LogP contribution in [0.4, 0.5) is 0 Å². The summed E-state index contributed by atoms with van der Waals surface area (Å²) in [5.41, 5.74) is 2.33. The van der Waals surface area contributed by atoms with Gasteiger partial charge in [-0.05, 0) is 52.4 Å². The average molecular weight is 253 g/mol. The van der Waals surface area contributed by atoms with Crippen molar-refractivity contribution in [3.63, 3.8) is 0 Å². The molecule has 19 heavy (non-hydrogen) atoms. The van der Waals surface area contributed by atoms with Crippen LogP contribution >= 0.6 is 0 Å². The lowest BCUT2D eigenvalue weighted by molar-refractivity contribution is 0.333. The van der Waals surface area contributed by atoms with Crippen LogP contribution in [0.15, 0.2) is 0 Å². The molecule has 3 rings (SSSR count). The molecule has 1 saturated carbocycles. The van der Waals surface area contributed by atoms with E-state index in [2.05, 4.69) is 42.7 Å². The molecule has 3 nitrogen and oxygen atoms in total. The Bertz CT molecular complexity index is 519. The topological polar surface area (TPSA) is 30.7 Å². The maximum absolute atomic E-state index is 6.51. The Labute approximate surface area is 118 Å². The van der Waals surface area contributed by atoms with E-state index in [1.165, 1.54) is 5.69 Å². The normalized spacial score (nSPS) is 38.0. The van der Waals surface area contributed by atoms with Crippen LogP contribution in [-0.2, 0) is 18.4 Å². The van der Waals surface area contributed by atoms with Gasteiger partial charge >= 0.3 is 0 Å². The maximum atomic E-state index is 6.51. The SMILES string of the molecule is [B]C12CCc3nnn(C(C)(C)C)c3CCC1([B])C2C. The number of hydrogen-bond donors (Lipinski definition) is 0. The average Bonchev–Trinajstić information content (AvgIpc) is 2.69. The zero-order chi connectivity index (χ0) is 14.1. The van der Waals surface area contributed by atoms with Crippen molar-refractivity contribution in [2.24, 2.45) is 5.92 Å².